The third-order valence-electron chi connectivity index (χ3n) is 5.53. The summed E-state index contributed by atoms with van der Waals surface area (Å²) in [5, 5.41) is 10.2. The molecule has 1 aliphatic carbocycles. The summed E-state index contributed by atoms with van der Waals surface area (Å²) in [5.74, 6) is 2.31. The molecule has 4 rings (SSSR count). The smallest absolute Gasteiger partial charge is 0.264 e. The van der Waals surface area contributed by atoms with Crippen molar-refractivity contribution in [2.75, 3.05) is 18.4 Å². The molecule has 2 atom stereocenters. The molecule has 2 aliphatic rings. The average molecular weight is 356 g/mol. The van der Waals surface area contributed by atoms with E-state index in [0.29, 0.717) is 23.4 Å². The molecule has 0 spiro atoms. The predicted octanol–water partition coefficient (Wildman–Crippen LogP) is 2.68. The zero-order valence-electron chi connectivity index (χ0n) is 15.0. The molecule has 1 amide bonds. The molecule has 2 N–H and O–H groups in total. The van der Waals surface area contributed by atoms with Crippen LogP contribution in [0.3, 0.4) is 0 Å². The second kappa shape index (κ2) is 7.07. The molecule has 1 aliphatic heterocycles. The van der Waals surface area contributed by atoms with E-state index in [2.05, 4.69) is 20.8 Å². The minimum Gasteiger partial charge on any atom is -0.484 e. The van der Waals surface area contributed by atoms with E-state index < -0.39 is 0 Å². The minimum atomic E-state index is -0.247. The summed E-state index contributed by atoms with van der Waals surface area (Å²) in [6.07, 6.45) is 4.48. The van der Waals surface area contributed by atoms with E-state index in [0.717, 1.165) is 38.0 Å². The van der Waals surface area contributed by atoms with Crippen molar-refractivity contribution in [2.24, 2.45) is 11.3 Å². The quantitative estimate of drug-likeness (QED) is 0.856. The van der Waals surface area contributed by atoms with Crippen LogP contribution in [-0.4, -0.2) is 29.1 Å². The van der Waals surface area contributed by atoms with Crippen LogP contribution in [0.2, 0.25) is 0 Å². The molecular weight excluding hydrogens is 332 g/mol. The number of carbonyl (C=O) groups excluding carboxylic acids is 1. The Balaban J connectivity index is 1.37. The number of ether oxygens (including phenoxy) is 1. The van der Waals surface area contributed by atoms with Crippen molar-refractivity contribution in [3.8, 4) is 5.75 Å². The highest BCUT2D eigenvalue weighted by Crippen LogP contribution is 2.44. The van der Waals surface area contributed by atoms with Crippen LogP contribution in [0.1, 0.15) is 37.4 Å². The maximum atomic E-state index is 13.0. The van der Waals surface area contributed by atoms with E-state index in [1.807, 2.05) is 24.3 Å². The maximum absolute atomic E-state index is 13.0. The van der Waals surface area contributed by atoms with Gasteiger partial charge in [-0.05, 0) is 56.5 Å². The molecule has 7 heteroatoms. The van der Waals surface area contributed by atoms with Crippen LogP contribution in [0.25, 0.3) is 0 Å². The van der Waals surface area contributed by atoms with Gasteiger partial charge in [0.1, 0.15) is 5.75 Å². The molecule has 0 bridgehead atoms. The fourth-order valence-electron chi connectivity index (χ4n) is 4.12. The fraction of sp³-hybridized carbons (Fsp3) is 0.526. The van der Waals surface area contributed by atoms with Gasteiger partial charge in [0.05, 0.1) is 5.41 Å². The summed E-state index contributed by atoms with van der Waals surface area (Å²) in [7, 11) is 0. The van der Waals surface area contributed by atoms with E-state index in [4.69, 9.17) is 9.26 Å². The van der Waals surface area contributed by atoms with Crippen LogP contribution in [0, 0.1) is 18.3 Å². The van der Waals surface area contributed by atoms with Gasteiger partial charge in [0.25, 0.3) is 5.89 Å². The van der Waals surface area contributed by atoms with Crippen molar-refractivity contribution in [3.63, 3.8) is 0 Å². The van der Waals surface area contributed by atoms with Gasteiger partial charge in [-0.3, -0.25) is 4.79 Å². The van der Waals surface area contributed by atoms with Gasteiger partial charge in [-0.1, -0.05) is 18.0 Å². The molecule has 1 saturated carbocycles. The Morgan fingerprint density at radius 1 is 1.38 bits per heavy atom. The summed E-state index contributed by atoms with van der Waals surface area (Å²) in [4.78, 5) is 17.1. The molecule has 2 heterocycles. The van der Waals surface area contributed by atoms with Crippen molar-refractivity contribution in [2.45, 2.75) is 39.2 Å². The number of hydrogen-bond acceptors (Lipinski definition) is 6. The van der Waals surface area contributed by atoms with Gasteiger partial charge in [0.2, 0.25) is 5.91 Å². The number of benzene rings is 1. The van der Waals surface area contributed by atoms with Gasteiger partial charge in [-0.2, -0.15) is 4.98 Å². The third kappa shape index (κ3) is 3.31. The lowest BCUT2D eigenvalue weighted by Gasteiger charge is -2.37. The van der Waals surface area contributed by atoms with E-state index in [-0.39, 0.29) is 17.9 Å². The Labute approximate surface area is 152 Å². The SMILES string of the molecule is Cc1noc(COc2ccc(NC(=O)[C@@]34CCCC[C@H]3CNC4)cc2)n1. The van der Waals surface area contributed by atoms with E-state index in [1.165, 1.54) is 6.42 Å². The molecule has 138 valence electrons. The van der Waals surface area contributed by atoms with Crippen molar-refractivity contribution in [3.05, 3.63) is 36.0 Å². The number of nitrogens with one attached hydrogen (secondary N) is 2. The van der Waals surface area contributed by atoms with Crippen LogP contribution < -0.4 is 15.4 Å². The summed E-state index contributed by atoms with van der Waals surface area (Å²) >= 11 is 0. The first-order valence-corrected chi connectivity index (χ1v) is 9.20. The Hall–Kier alpha value is -2.41. The number of carbonyl (C=O) groups is 1. The van der Waals surface area contributed by atoms with E-state index in [1.54, 1.807) is 6.92 Å². The van der Waals surface area contributed by atoms with Crippen molar-refractivity contribution in [1.29, 1.82) is 0 Å². The number of aryl methyl sites for hydroxylation is 1. The zero-order valence-corrected chi connectivity index (χ0v) is 15.0. The van der Waals surface area contributed by atoms with Crippen LogP contribution in [0.4, 0.5) is 5.69 Å². The number of hydrogen-bond donors (Lipinski definition) is 2. The molecule has 7 nitrogen and oxygen atoms in total. The van der Waals surface area contributed by atoms with Gasteiger partial charge in [0, 0.05) is 12.2 Å². The van der Waals surface area contributed by atoms with Gasteiger partial charge in [-0.15, -0.1) is 0 Å². The van der Waals surface area contributed by atoms with Gasteiger partial charge >= 0.3 is 0 Å². The molecule has 0 radical (unpaired) electrons. The Morgan fingerprint density at radius 2 is 2.23 bits per heavy atom. The van der Waals surface area contributed by atoms with Crippen molar-refractivity contribution < 1.29 is 14.1 Å². The molecule has 1 saturated heterocycles. The van der Waals surface area contributed by atoms with Crippen LogP contribution in [0.15, 0.2) is 28.8 Å². The maximum Gasteiger partial charge on any atom is 0.264 e. The lowest BCUT2D eigenvalue weighted by atomic mass is 9.67. The highest BCUT2D eigenvalue weighted by molar-refractivity contribution is 5.96. The summed E-state index contributed by atoms with van der Waals surface area (Å²) in [6, 6.07) is 7.40. The Morgan fingerprint density at radius 3 is 3.00 bits per heavy atom. The normalized spacial score (nSPS) is 24.9. The van der Waals surface area contributed by atoms with Crippen LogP contribution in [-0.2, 0) is 11.4 Å². The molecule has 1 aromatic heterocycles. The molecule has 2 aromatic rings. The molecule has 0 unspecified atom stereocenters. The van der Waals surface area contributed by atoms with Crippen molar-refractivity contribution in [1.82, 2.24) is 15.5 Å². The molecular formula is C19H24N4O3. The molecule has 26 heavy (non-hydrogen) atoms. The number of aromatic nitrogens is 2. The van der Waals surface area contributed by atoms with Gasteiger partial charge < -0.3 is 19.9 Å². The number of nitrogens with zero attached hydrogens (tertiary/aromatic N) is 2. The van der Waals surface area contributed by atoms with E-state index in [9.17, 15) is 4.79 Å². The van der Waals surface area contributed by atoms with Crippen molar-refractivity contribution >= 4 is 11.6 Å². The standard InChI is InChI=1S/C19H24N4O3/c1-13-21-17(26-23-13)11-25-16-7-5-15(6-8-16)22-18(24)19-9-3-2-4-14(19)10-20-12-19/h5-8,14,20H,2-4,9-12H2,1H3,(H,22,24)/t14-,19+/m0/s1. The second-order valence-electron chi connectivity index (χ2n) is 7.23. The topological polar surface area (TPSA) is 89.3 Å². The highest BCUT2D eigenvalue weighted by atomic mass is 16.5. The molecule has 1 aromatic carbocycles. The largest absolute Gasteiger partial charge is 0.484 e. The summed E-state index contributed by atoms with van der Waals surface area (Å²) in [5.41, 5.74) is 0.546. The monoisotopic (exact) mass is 356 g/mol. The summed E-state index contributed by atoms with van der Waals surface area (Å²) in [6.45, 7) is 3.73. The second-order valence-corrected chi connectivity index (χ2v) is 7.23. The average Bonchev–Trinajstić information content (AvgIpc) is 3.28. The zero-order chi connectivity index (χ0) is 18.0. The third-order valence-corrected chi connectivity index (χ3v) is 5.53. The van der Waals surface area contributed by atoms with Gasteiger partial charge in [-0.25, -0.2) is 0 Å². The fourth-order valence-corrected chi connectivity index (χ4v) is 4.12. The lowest BCUT2D eigenvalue weighted by Crippen LogP contribution is -2.44. The van der Waals surface area contributed by atoms with Crippen LogP contribution >= 0.6 is 0 Å². The number of amides is 1. The first-order chi connectivity index (χ1) is 12.7. The lowest BCUT2D eigenvalue weighted by molar-refractivity contribution is -0.128. The Kier molecular flexibility index (Phi) is 4.63. The highest BCUT2D eigenvalue weighted by Gasteiger charge is 2.49. The van der Waals surface area contributed by atoms with Crippen LogP contribution in [0.5, 0.6) is 5.75 Å². The predicted molar refractivity (Wildman–Crippen MR) is 95.7 cm³/mol. The first kappa shape index (κ1) is 17.0. The van der Waals surface area contributed by atoms with E-state index >= 15 is 0 Å². The molecule has 2 fully saturated rings. The number of fused-ring (bicyclic) bond motifs is 1. The minimum absolute atomic E-state index is 0.141. The summed E-state index contributed by atoms with van der Waals surface area (Å²) < 4.78 is 10.7. The number of rotatable bonds is 5. The van der Waals surface area contributed by atoms with Gasteiger partial charge in [0.15, 0.2) is 12.4 Å². The first-order valence-electron chi connectivity index (χ1n) is 9.20. The number of anilines is 1. The Bertz CT molecular complexity index is 773.